The predicted octanol–water partition coefficient (Wildman–Crippen LogP) is 9.40. The lowest BCUT2D eigenvalue weighted by Crippen LogP contribution is -2.05. The molecule has 0 aliphatic heterocycles. The topological polar surface area (TPSA) is 48.5 Å². The molecule has 3 aromatic heterocycles. The molecule has 0 saturated carbocycles. The Hall–Kier alpha value is -6.07. The first kappa shape index (κ1) is 24.5. The molecule has 0 spiro atoms. The second-order valence-corrected chi connectivity index (χ2v) is 11.0. The molecule has 0 aliphatic rings. The molecule has 206 valence electrons. The Morgan fingerprint density at radius 3 is 1.73 bits per heavy atom. The van der Waals surface area contributed by atoms with Crippen LogP contribution in [0, 0.1) is 0 Å². The van der Waals surface area contributed by atoms with Crippen molar-refractivity contribution < 1.29 is 0 Å². The van der Waals surface area contributed by atoms with Crippen molar-refractivity contribution in [3.63, 3.8) is 0 Å². The van der Waals surface area contributed by atoms with E-state index in [0.29, 0.717) is 17.6 Å². The minimum Gasteiger partial charge on any atom is -0.309 e. The van der Waals surface area contributed by atoms with E-state index in [-0.39, 0.29) is 0 Å². The summed E-state index contributed by atoms with van der Waals surface area (Å²) < 4.78 is 4.44. The molecule has 0 aliphatic carbocycles. The van der Waals surface area contributed by atoms with Gasteiger partial charge in [0.25, 0.3) is 0 Å². The number of hydrogen-bond acceptors (Lipinski definition) is 3. The van der Waals surface area contributed by atoms with Crippen LogP contribution in [0.2, 0.25) is 0 Å². The monoisotopic (exact) mass is 563 g/mol. The standard InChI is InChI=1S/C39H25N5/c1-4-12-26(13-5-1)37-40-38(27-14-6-2-7-15-27)42-39(41-37)43-23-22-31-32-25-36-33(24-28(32)20-21-34(31)43)30-18-10-11-19-35(30)44(36)29-16-8-3-9-17-29/h1-25H. The minimum atomic E-state index is 0.589. The van der Waals surface area contributed by atoms with Crippen LogP contribution in [-0.2, 0) is 0 Å². The van der Waals surface area contributed by atoms with E-state index in [1.807, 2.05) is 60.7 Å². The van der Waals surface area contributed by atoms with Crippen molar-refractivity contribution in [3.8, 4) is 34.4 Å². The van der Waals surface area contributed by atoms with Gasteiger partial charge in [0.2, 0.25) is 5.95 Å². The van der Waals surface area contributed by atoms with Gasteiger partial charge in [0.15, 0.2) is 11.6 Å². The van der Waals surface area contributed by atoms with Gasteiger partial charge in [0, 0.05) is 39.2 Å². The van der Waals surface area contributed by atoms with Crippen molar-refractivity contribution in [3.05, 3.63) is 152 Å². The molecule has 0 saturated heterocycles. The van der Waals surface area contributed by atoms with Gasteiger partial charge in [-0.3, -0.25) is 4.57 Å². The number of para-hydroxylation sites is 2. The molecule has 0 atom stereocenters. The molecule has 0 bridgehead atoms. The van der Waals surface area contributed by atoms with Gasteiger partial charge in [-0.2, -0.15) is 9.97 Å². The van der Waals surface area contributed by atoms with Crippen molar-refractivity contribution in [2.24, 2.45) is 0 Å². The molecule has 0 N–H and O–H groups in total. The highest BCUT2D eigenvalue weighted by atomic mass is 15.2. The highest BCUT2D eigenvalue weighted by molar-refractivity contribution is 6.18. The largest absolute Gasteiger partial charge is 0.309 e. The molecule has 0 unspecified atom stereocenters. The molecule has 5 heteroatoms. The van der Waals surface area contributed by atoms with Gasteiger partial charge in [-0.05, 0) is 53.2 Å². The molecule has 6 aromatic carbocycles. The molecule has 9 rings (SSSR count). The van der Waals surface area contributed by atoms with Gasteiger partial charge in [0.1, 0.15) is 0 Å². The van der Waals surface area contributed by atoms with Crippen LogP contribution in [0.3, 0.4) is 0 Å². The molecule has 9 aromatic rings. The van der Waals surface area contributed by atoms with Crippen LogP contribution in [0.25, 0.3) is 77.9 Å². The van der Waals surface area contributed by atoms with Crippen molar-refractivity contribution in [1.82, 2.24) is 24.1 Å². The lowest BCUT2D eigenvalue weighted by atomic mass is 10.0. The highest BCUT2D eigenvalue weighted by Crippen LogP contribution is 2.37. The first-order valence-electron chi connectivity index (χ1n) is 14.7. The second kappa shape index (κ2) is 9.75. The fourth-order valence-corrected chi connectivity index (χ4v) is 6.35. The molecular formula is C39H25N5. The van der Waals surface area contributed by atoms with Crippen molar-refractivity contribution in [2.45, 2.75) is 0 Å². The molecule has 0 fully saturated rings. The highest BCUT2D eigenvalue weighted by Gasteiger charge is 2.17. The van der Waals surface area contributed by atoms with Gasteiger partial charge in [0.05, 0.1) is 16.6 Å². The van der Waals surface area contributed by atoms with E-state index in [4.69, 9.17) is 15.0 Å². The van der Waals surface area contributed by atoms with Crippen LogP contribution in [0.15, 0.2) is 152 Å². The Morgan fingerprint density at radius 2 is 1.02 bits per heavy atom. The Labute approximate surface area is 253 Å². The van der Waals surface area contributed by atoms with Crippen LogP contribution >= 0.6 is 0 Å². The van der Waals surface area contributed by atoms with Gasteiger partial charge in [-0.25, -0.2) is 4.98 Å². The third kappa shape index (κ3) is 3.83. The van der Waals surface area contributed by atoms with Crippen LogP contribution in [0.5, 0.6) is 0 Å². The molecule has 5 nitrogen and oxygen atoms in total. The van der Waals surface area contributed by atoms with Crippen LogP contribution in [-0.4, -0.2) is 24.1 Å². The maximum Gasteiger partial charge on any atom is 0.238 e. The van der Waals surface area contributed by atoms with E-state index in [0.717, 1.165) is 27.7 Å². The maximum absolute atomic E-state index is 4.97. The van der Waals surface area contributed by atoms with Crippen LogP contribution in [0.4, 0.5) is 0 Å². The molecule has 3 heterocycles. The molecule has 0 radical (unpaired) electrons. The molecule has 0 amide bonds. The molecular weight excluding hydrogens is 538 g/mol. The maximum atomic E-state index is 4.97. The summed E-state index contributed by atoms with van der Waals surface area (Å²) in [5.41, 5.74) is 6.48. The summed E-state index contributed by atoms with van der Waals surface area (Å²) in [4.78, 5) is 14.8. The minimum absolute atomic E-state index is 0.589. The van der Waals surface area contributed by atoms with Crippen LogP contribution in [0.1, 0.15) is 0 Å². The zero-order valence-electron chi connectivity index (χ0n) is 23.7. The van der Waals surface area contributed by atoms with Gasteiger partial charge < -0.3 is 4.57 Å². The lowest BCUT2D eigenvalue weighted by molar-refractivity contribution is 0.933. The van der Waals surface area contributed by atoms with E-state index in [1.165, 1.54) is 32.6 Å². The Kier molecular flexibility index (Phi) is 5.43. The molecule has 44 heavy (non-hydrogen) atoms. The SMILES string of the molecule is c1ccc(-c2nc(-c3ccccc3)nc(-n3ccc4c5cc6c(cc5ccc43)c3ccccc3n6-c3ccccc3)n2)cc1. The van der Waals surface area contributed by atoms with E-state index >= 15 is 0 Å². The van der Waals surface area contributed by atoms with E-state index in [2.05, 4.69) is 100 Å². The fourth-order valence-electron chi connectivity index (χ4n) is 6.35. The second-order valence-electron chi connectivity index (χ2n) is 11.0. The third-order valence-electron chi connectivity index (χ3n) is 8.40. The quantitative estimate of drug-likeness (QED) is 0.214. The van der Waals surface area contributed by atoms with E-state index in [1.54, 1.807) is 0 Å². The number of hydrogen-bond donors (Lipinski definition) is 0. The Balaban J connectivity index is 1.29. The summed E-state index contributed by atoms with van der Waals surface area (Å²) in [6, 6.07) is 50.6. The van der Waals surface area contributed by atoms with Crippen molar-refractivity contribution >= 4 is 43.5 Å². The van der Waals surface area contributed by atoms with Crippen molar-refractivity contribution in [2.75, 3.05) is 0 Å². The Morgan fingerprint density at radius 1 is 0.409 bits per heavy atom. The average Bonchev–Trinajstić information content (AvgIpc) is 3.68. The number of rotatable bonds is 4. The fraction of sp³-hybridized carbons (Fsp3) is 0. The summed E-state index contributed by atoms with van der Waals surface area (Å²) >= 11 is 0. The normalized spacial score (nSPS) is 11.6. The Bertz CT molecular complexity index is 2420. The summed E-state index contributed by atoms with van der Waals surface area (Å²) in [7, 11) is 0. The first-order valence-corrected chi connectivity index (χ1v) is 14.7. The smallest absolute Gasteiger partial charge is 0.238 e. The number of nitrogens with zero attached hydrogens (tertiary/aromatic N) is 5. The zero-order chi connectivity index (χ0) is 29.0. The summed E-state index contributed by atoms with van der Waals surface area (Å²) in [5, 5.41) is 6.03. The van der Waals surface area contributed by atoms with Gasteiger partial charge in [-0.15, -0.1) is 0 Å². The van der Waals surface area contributed by atoms with Crippen molar-refractivity contribution in [1.29, 1.82) is 0 Å². The number of aromatic nitrogens is 5. The summed E-state index contributed by atoms with van der Waals surface area (Å²) in [6.45, 7) is 0. The van der Waals surface area contributed by atoms with Crippen LogP contribution < -0.4 is 0 Å². The van der Waals surface area contributed by atoms with E-state index < -0.39 is 0 Å². The summed E-state index contributed by atoms with van der Waals surface area (Å²) in [6.07, 6.45) is 2.07. The summed E-state index contributed by atoms with van der Waals surface area (Å²) in [5.74, 6) is 1.88. The van der Waals surface area contributed by atoms with Gasteiger partial charge in [-0.1, -0.05) is 103 Å². The van der Waals surface area contributed by atoms with E-state index in [9.17, 15) is 0 Å². The van der Waals surface area contributed by atoms with Gasteiger partial charge >= 0.3 is 0 Å². The predicted molar refractivity (Wildman–Crippen MR) is 179 cm³/mol. The third-order valence-corrected chi connectivity index (χ3v) is 8.40. The lowest BCUT2D eigenvalue weighted by Gasteiger charge is -2.11. The average molecular weight is 564 g/mol. The number of fused-ring (bicyclic) bond motifs is 6. The number of benzene rings is 6. The first-order chi connectivity index (χ1) is 21.8. The zero-order valence-corrected chi connectivity index (χ0v) is 23.7.